The number of methoxy groups -OCH3 is 1. The number of carbonyl (C=O) groups excluding carboxylic acids is 1. The summed E-state index contributed by atoms with van der Waals surface area (Å²) in [5.74, 6) is -1.46. The lowest BCUT2D eigenvalue weighted by atomic mass is 9.98. The van der Waals surface area contributed by atoms with Gasteiger partial charge in [0.05, 0.1) is 17.6 Å². The number of ether oxygens (including phenoxy) is 2. The topological polar surface area (TPSA) is 78.7 Å². The second-order valence-corrected chi connectivity index (χ2v) is 4.52. The van der Waals surface area contributed by atoms with E-state index in [4.69, 9.17) is 0 Å². The normalized spacial score (nSPS) is 11.0. The van der Waals surface area contributed by atoms with E-state index in [0.29, 0.717) is 0 Å². The molecule has 0 amide bonds. The first-order valence-electron chi connectivity index (χ1n) is 6.45. The zero-order chi connectivity index (χ0) is 17.9. The average Bonchev–Trinajstić information content (AvgIpc) is 2.52. The van der Waals surface area contributed by atoms with Gasteiger partial charge in [-0.15, -0.1) is 13.2 Å². The van der Waals surface area contributed by atoms with Crippen LogP contribution in [0.3, 0.4) is 0 Å². The molecule has 0 aliphatic rings. The molecule has 2 rings (SSSR count). The second-order valence-electron chi connectivity index (χ2n) is 4.52. The standard InChI is InChI=1S/C15H10F3NO5/c1-23-14(20)12-8-9(19(21)22)6-7-10(12)11-4-2-3-5-13(11)24-15(16,17)18/h2-8H,1H3. The van der Waals surface area contributed by atoms with Crippen molar-refractivity contribution in [1.29, 1.82) is 0 Å². The Morgan fingerprint density at radius 1 is 1.12 bits per heavy atom. The number of carbonyl (C=O) groups is 1. The first kappa shape index (κ1) is 17.3. The van der Waals surface area contributed by atoms with E-state index in [1.165, 1.54) is 24.3 Å². The number of alkyl halides is 3. The van der Waals surface area contributed by atoms with Gasteiger partial charge in [0.15, 0.2) is 0 Å². The Balaban J connectivity index is 2.64. The van der Waals surface area contributed by atoms with Crippen molar-refractivity contribution in [2.75, 3.05) is 7.11 Å². The molecule has 0 atom stereocenters. The van der Waals surface area contributed by atoms with Crippen molar-refractivity contribution in [3.05, 3.63) is 58.1 Å². The molecule has 0 bridgehead atoms. The lowest BCUT2D eigenvalue weighted by Crippen LogP contribution is -2.17. The Morgan fingerprint density at radius 3 is 2.38 bits per heavy atom. The van der Waals surface area contributed by atoms with Gasteiger partial charge in [-0.2, -0.15) is 0 Å². The van der Waals surface area contributed by atoms with Crippen LogP contribution < -0.4 is 4.74 Å². The van der Waals surface area contributed by atoms with Crippen LogP contribution in [0.2, 0.25) is 0 Å². The molecule has 126 valence electrons. The molecule has 0 fully saturated rings. The van der Waals surface area contributed by atoms with Crippen molar-refractivity contribution in [2.45, 2.75) is 6.36 Å². The molecule has 9 heteroatoms. The highest BCUT2D eigenvalue weighted by molar-refractivity contribution is 5.98. The predicted molar refractivity (Wildman–Crippen MR) is 76.6 cm³/mol. The van der Waals surface area contributed by atoms with E-state index >= 15 is 0 Å². The molecule has 2 aromatic rings. The summed E-state index contributed by atoms with van der Waals surface area (Å²) in [5.41, 5.74) is -0.671. The summed E-state index contributed by atoms with van der Waals surface area (Å²) in [7, 11) is 1.06. The number of para-hydroxylation sites is 1. The number of hydrogen-bond donors (Lipinski definition) is 0. The van der Waals surface area contributed by atoms with Crippen LogP contribution in [0.4, 0.5) is 18.9 Å². The number of rotatable bonds is 4. The van der Waals surface area contributed by atoms with Crippen LogP contribution in [0.5, 0.6) is 5.75 Å². The van der Waals surface area contributed by atoms with E-state index in [9.17, 15) is 28.1 Å². The van der Waals surface area contributed by atoms with Gasteiger partial charge in [-0.05, 0) is 12.1 Å². The number of nitro groups is 1. The van der Waals surface area contributed by atoms with Crippen LogP contribution in [-0.2, 0) is 4.74 Å². The molecule has 0 N–H and O–H groups in total. The van der Waals surface area contributed by atoms with Crippen LogP contribution >= 0.6 is 0 Å². The Hall–Kier alpha value is -3.10. The maximum Gasteiger partial charge on any atom is 0.573 e. The fraction of sp³-hybridized carbons (Fsp3) is 0.133. The number of nitrogens with zero attached hydrogens (tertiary/aromatic N) is 1. The number of nitro benzene ring substituents is 1. The van der Waals surface area contributed by atoms with E-state index in [0.717, 1.165) is 25.3 Å². The first-order chi connectivity index (χ1) is 11.2. The molecular weight excluding hydrogens is 331 g/mol. The van der Waals surface area contributed by atoms with Crippen LogP contribution in [-0.4, -0.2) is 24.4 Å². The Kier molecular flexibility index (Phi) is 4.72. The van der Waals surface area contributed by atoms with E-state index in [1.54, 1.807) is 0 Å². The fourth-order valence-electron chi connectivity index (χ4n) is 2.06. The first-order valence-corrected chi connectivity index (χ1v) is 6.45. The number of esters is 1. The second kappa shape index (κ2) is 6.57. The Bertz CT molecular complexity index is 789. The fourth-order valence-corrected chi connectivity index (χ4v) is 2.06. The number of halogens is 3. The molecule has 2 aromatic carbocycles. The monoisotopic (exact) mass is 341 g/mol. The third kappa shape index (κ3) is 3.80. The molecule has 0 aromatic heterocycles. The summed E-state index contributed by atoms with van der Waals surface area (Å²) in [6.07, 6.45) is -4.93. The molecule has 0 aliphatic carbocycles. The number of hydrogen-bond acceptors (Lipinski definition) is 5. The number of benzene rings is 2. The minimum atomic E-state index is -4.93. The van der Waals surface area contributed by atoms with Crippen molar-refractivity contribution >= 4 is 11.7 Å². The summed E-state index contributed by atoms with van der Waals surface area (Å²) in [4.78, 5) is 22.0. The zero-order valence-electron chi connectivity index (χ0n) is 12.2. The van der Waals surface area contributed by atoms with Crippen molar-refractivity contribution < 1.29 is 32.4 Å². The summed E-state index contributed by atoms with van der Waals surface area (Å²) >= 11 is 0. The summed E-state index contributed by atoms with van der Waals surface area (Å²) in [5, 5.41) is 10.8. The summed E-state index contributed by atoms with van der Waals surface area (Å²) < 4.78 is 46.1. The largest absolute Gasteiger partial charge is 0.573 e. The zero-order valence-corrected chi connectivity index (χ0v) is 12.2. The van der Waals surface area contributed by atoms with Gasteiger partial charge in [0.2, 0.25) is 0 Å². The average molecular weight is 341 g/mol. The molecule has 0 spiro atoms. The highest BCUT2D eigenvalue weighted by Crippen LogP contribution is 2.36. The van der Waals surface area contributed by atoms with Gasteiger partial charge in [-0.1, -0.05) is 18.2 Å². The maximum atomic E-state index is 12.5. The highest BCUT2D eigenvalue weighted by atomic mass is 19.4. The molecule has 0 radical (unpaired) electrons. The SMILES string of the molecule is COC(=O)c1cc([N+](=O)[O-])ccc1-c1ccccc1OC(F)(F)F. The minimum absolute atomic E-state index is 0.0206. The van der Waals surface area contributed by atoms with Crippen molar-refractivity contribution in [2.24, 2.45) is 0 Å². The minimum Gasteiger partial charge on any atom is -0.465 e. The Morgan fingerprint density at radius 2 is 1.79 bits per heavy atom. The molecule has 0 aliphatic heterocycles. The van der Waals surface area contributed by atoms with Gasteiger partial charge in [-0.25, -0.2) is 4.79 Å². The van der Waals surface area contributed by atoms with Crippen molar-refractivity contribution in [1.82, 2.24) is 0 Å². The lowest BCUT2D eigenvalue weighted by molar-refractivity contribution is -0.384. The Labute approximate surface area is 133 Å². The quantitative estimate of drug-likeness (QED) is 0.478. The summed E-state index contributed by atoms with van der Waals surface area (Å²) in [6, 6.07) is 8.33. The number of non-ortho nitro benzene ring substituents is 1. The maximum absolute atomic E-state index is 12.5. The molecule has 0 heterocycles. The summed E-state index contributed by atoms with van der Waals surface area (Å²) in [6.45, 7) is 0. The van der Waals surface area contributed by atoms with E-state index in [-0.39, 0.29) is 16.7 Å². The third-order valence-electron chi connectivity index (χ3n) is 3.02. The van der Waals surface area contributed by atoms with Gasteiger partial charge >= 0.3 is 12.3 Å². The van der Waals surface area contributed by atoms with Gasteiger partial charge in [0, 0.05) is 23.3 Å². The van der Waals surface area contributed by atoms with E-state index in [1.807, 2.05) is 0 Å². The third-order valence-corrected chi connectivity index (χ3v) is 3.02. The van der Waals surface area contributed by atoms with Crippen LogP contribution in [0.1, 0.15) is 10.4 Å². The van der Waals surface area contributed by atoms with E-state index < -0.39 is 28.7 Å². The smallest absolute Gasteiger partial charge is 0.465 e. The molecule has 0 saturated carbocycles. The predicted octanol–water partition coefficient (Wildman–Crippen LogP) is 3.95. The van der Waals surface area contributed by atoms with Gasteiger partial charge in [0.25, 0.3) is 5.69 Å². The molecule has 6 nitrogen and oxygen atoms in total. The van der Waals surface area contributed by atoms with Crippen LogP contribution in [0, 0.1) is 10.1 Å². The molecule has 0 unspecified atom stereocenters. The van der Waals surface area contributed by atoms with Crippen LogP contribution in [0.25, 0.3) is 11.1 Å². The van der Waals surface area contributed by atoms with Crippen molar-refractivity contribution in [3.8, 4) is 16.9 Å². The van der Waals surface area contributed by atoms with Gasteiger partial charge < -0.3 is 9.47 Å². The molecule has 24 heavy (non-hydrogen) atoms. The molecule has 0 saturated heterocycles. The van der Waals surface area contributed by atoms with E-state index in [2.05, 4.69) is 9.47 Å². The van der Waals surface area contributed by atoms with Crippen molar-refractivity contribution in [3.63, 3.8) is 0 Å². The lowest BCUT2D eigenvalue weighted by Gasteiger charge is -2.15. The van der Waals surface area contributed by atoms with Gasteiger partial charge in [0.1, 0.15) is 5.75 Å². The highest BCUT2D eigenvalue weighted by Gasteiger charge is 2.32. The van der Waals surface area contributed by atoms with Gasteiger partial charge in [-0.3, -0.25) is 10.1 Å². The molecular formula is C15H10F3NO5. The van der Waals surface area contributed by atoms with Crippen LogP contribution in [0.15, 0.2) is 42.5 Å².